The fourth-order valence-corrected chi connectivity index (χ4v) is 2.98. The normalized spacial score (nSPS) is 17.8. The lowest BCUT2D eigenvalue weighted by atomic mass is 9.96. The molecule has 1 unspecified atom stereocenters. The molecule has 112 valence electrons. The summed E-state index contributed by atoms with van der Waals surface area (Å²) in [7, 11) is 0. The van der Waals surface area contributed by atoms with Crippen LogP contribution in [0.1, 0.15) is 55.6 Å². The second-order valence-corrected chi connectivity index (χ2v) is 5.63. The maximum atomic E-state index is 5.65. The smallest absolute Gasteiger partial charge is 0.0773 e. The lowest BCUT2D eigenvalue weighted by Gasteiger charge is -2.22. The van der Waals surface area contributed by atoms with Crippen LogP contribution in [0.15, 0.2) is 30.9 Å². The molecule has 0 bridgehead atoms. The zero-order valence-corrected chi connectivity index (χ0v) is 12.2. The average Bonchev–Trinajstić information content (AvgIpc) is 3.03. The van der Waals surface area contributed by atoms with Gasteiger partial charge >= 0.3 is 0 Å². The molecule has 2 heterocycles. The first kappa shape index (κ1) is 14.2. The van der Waals surface area contributed by atoms with Gasteiger partial charge in [0.2, 0.25) is 0 Å². The highest BCUT2D eigenvalue weighted by Crippen LogP contribution is 2.27. The van der Waals surface area contributed by atoms with E-state index >= 15 is 0 Å². The molecule has 1 aliphatic carbocycles. The average molecular weight is 286 g/mol. The Bertz CT molecular complexity index is 546. The number of aromatic nitrogens is 4. The molecule has 2 aromatic rings. The first-order valence-electron chi connectivity index (χ1n) is 7.63. The second-order valence-electron chi connectivity index (χ2n) is 5.63. The number of hydrogen-bond donors (Lipinski definition) is 2. The lowest BCUT2D eigenvalue weighted by molar-refractivity contribution is 0.327. The van der Waals surface area contributed by atoms with Gasteiger partial charge in [-0.25, -0.2) is 0 Å². The molecule has 6 heteroatoms. The second kappa shape index (κ2) is 6.78. The Hall–Kier alpha value is -1.79. The van der Waals surface area contributed by atoms with Crippen LogP contribution in [0, 0.1) is 0 Å². The standard InChI is InChI=1S/C15H22N6/c16-19-14(15-11-17-7-8-18-15)10-12-6-9-21(20-12)13-4-2-1-3-5-13/h6-9,11,13-14,19H,1-5,10,16H2. The van der Waals surface area contributed by atoms with E-state index in [9.17, 15) is 0 Å². The highest BCUT2D eigenvalue weighted by molar-refractivity contribution is 5.09. The van der Waals surface area contributed by atoms with Crippen molar-refractivity contribution in [2.45, 2.75) is 50.6 Å². The van der Waals surface area contributed by atoms with E-state index < -0.39 is 0 Å². The maximum Gasteiger partial charge on any atom is 0.0773 e. The third-order valence-electron chi connectivity index (χ3n) is 4.17. The van der Waals surface area contributed by atoms with Crippen molar-refractivity contribution in [2.75, 3.05) is 0 Å². The van der Waals surface area contributed by atoms with E-state index in [0.29, 0.717) is 6.04 Å². The molecule has 1 atom stereocenters. The number of hydrazine groups is 1. The van der Waals surface area contributed by atoms with Crippen molar-refractivity contribution in [3.63, 3.8) is 0 Å². The van der Waals surface area contributed by atoms with E-state index in [2.05, 4.69) is 32.3 Å². The SMILES string of the molecule is NNC(Cc1ccn(C2CCCCC2)n1)c1cnccn1. The quantitative estimate of drug-likeness (QED) is 0.648. The van der Waals surface area contributed by atoms with Crippen molar-refractivity contribution >= 4 is 0 Å². The van der Waals surface area contributed by atoms with Gasteiger partial charge in [0.25, 0.3) is 0 Å². The summed E-state index contributed by atoms with van der Waals surface area (Å²) in [4.78, 5) is 8.39. The lowest BCUT2D eigenvalue weighted by Crippen LogP contribution is -2.30. The summed E-state index contributed by atoms with van der Waals surface area (Å²) in [5.74, 6) is 5.65. The highest BCUT2D eigenvalue weighted by atomic mass is 15.3. The van der Waals surface area contributed by atoms with Gasteiger partial charge in [0, 0.05) is 25.0 Å². The van der Waals surface area contributed by atoms with Crippen LogP contribution in [0.3, 0.4) is 0 Å². The predicted octanol–water partition coefficient (Wildman–Crippen LogP) is 1.93. The van der Waals surface area contributed by atoms with Crippen molar-refractivity contribution in [2.24, 2.45) is 5.84 Å². The molecule has 1 fully saturated rings. The number of rotatable bonds is 5. The van der Waals surface area contributed by atoms with Gasteiger partial charge in [0.05, 0.1) is 29.7 Å². The van der Waals surface area contributed by atoms with Crippen molar-refractivity contribution in [3.05, 3.63) is 42.2 Å². The van der Waals surface area contributed by atoms with E-state index in [1.807, 2.05) is 0 Å². The minimum Gasteiger partial charge on any atom is -0.271 e. The Morgan fingerprint density at radius 2 is 2.14 bits per heavy atom. The number of nitrogens with zero attached hydrogens (tertiary/aromatic N) is 4. The summed E-state index contributed by atoms with van der Waals surface area (Å²) in [5.41, 5.74) is 4.68. The zero-order chi connectivity index (χ0) is 14.5. The topological polar surface area (TPSA) is 81.6 Å². The van der Waals surface area contributed by atoms with Gasteiger partial charge in [-0.05, 0) is 18.9 Å². The fourth-order valence-electron chi connectivity index (χ4n) is 2.98. The van der Waals surface area contributed by atoms with Crippen LogP contribution in [0.5, 0.6) is 0 Å². The largest absolute Gasteiger partial charge is 0.271 e. The van der Waals surface area contributed by atoms with Crippen LogP contribution in [0.25, 0.3) is 0 Å². The summed E-state index contributed by atoms with van der Waals surface area (Å²) in [6, 6.07) is 2.58. The van der Waals surface area contributed by atoms with E-state index in [1.165, 1.54) is 32.1 Å². The predicted molar refractivity (Wildman–Crippen MR) is 80.1 cm³/mol. The van der Waals surface area contributed by atoms with Crippen molar-refractivity contribution < 1.29 is 0 Å². The van der Waals surface area contributed by atoms with Gasteiger partial charge < -0.3 is 0 Å². The molecule has 0 radical (unpaired) electrons. The van der Waals surface area contributed by atoms with Crippen LogP contribution >= 0.6 is 0 Å². The summed E-state index contributed by atoms with van der Waals surface area (Å²) in [6.07, 6.45) is 14.4. The number of nitrogens with one attached hydrogen (secondary N) is 1. The van der Waals surface area contributed by atoms with Gasteiger partial charge in [-0.2, -0.15) is 5.10 Å². The van der Waals surface area contributed by atoms with E-state index in [-0.39, 0.29) is 6.04 Å². The monoisotopic (exact) mass is 286 g/mol. The molecular formula is C15H22N6. The third kappa shape index (κ3) is 3.46. The van der Waals surface area contributed by atoms with Gasteiger partial charge in [0.1, 0.15) is 0 Å². The maximum absolute atomic E-state index is 5.65. The molecule has 0 aromatic carbocycles. The number of hydrogen-bond acceptors (Lipinski definition) is 5. The Morgan fingerprint density at radius 1 is 1.29 bits per heavy atom. The fraction of sp³-hybridized carbons (Fsp3) is 0.533. The molecule has 1 aliphatic rings. The summed E-state index contributed by atoms with van der Waals surface area (Å²) < 4.78 is 2.12. The molecule has 0 amide bonds. The molecule has 0 aliphatic heterocycles. The van der Waals surface area contributed by atoms with Gasteiger partial charge in [-0.3, -0.25) is 25.9 Å². The Kier molecular flexibility index (Phi) is 4.57. The molecular weight excluding hydrogens is 264 g/mol. The molecule has 3 N–H and O–H groups in total. The first-order chi connectivity index (χ1) is 10.4. The van der Waals surface area contributed by atoms with Gasteiger partial charge in [0.15, 0.2) is 0 Å². The van der Waals surface area contributed by atoms with Crippen LogP contribution in [0.4, 0.5) is 0 Å². The van der Waals surface area contributed by atoms with E-state index in [4.69, 9.17) is 10.9 Å². The van der Waals surface area contributed by atoms with E-state index in [1.54, 1.807) is 18.6 Å². The molecule has 2 aromatic heterocycles. The van der Waals surface area contributed by atoms with E-state index in [0.717, 1.165) is 17.8 Å². The Balaban J connectivity index is 1.68. The minimum atomic E-state index is -0.0617. The van der Waals surface area contributed by atoms with Crippen molar-refractivity contribution in [1.29, 1.82) is 0 Å². The zero-order valence-electron chi connectivity index (χ0n) is 12.2. The molecule has 0 saturated heterocycles. The highest BCUT2D eigenvalue weighted by Gasteiger charge is 2.18. The molecule has 0 spiro atoms. The van der Waals surface area contributed by atoms with Crippen molar-refractivity contribution in [1.82, 2.24) is 25.2 Å². The van der Waals surface area contributed by atoms with Gasteiger partial charge in [-0.1, -0.05) is 19.3 Å². The summed E-state index contributed by atoms with van der Waals surface area (Å²) in [6.45, 7) is 0. The number of nitrogens with two attached hydrogens (primary N) is 1. The van der Waals surface area contributed by atoms with Gasteiger partial charge in [-0.15, -0.1) is 0 Å². The molecule has 1 saturated carbocycles. The first-order valence-corrected chi connectivity index (χ1v) is 7.63. The molecule has 6 nitrogen and oxygen atoms in total. The van der Waals surface area contributed by atoms with Crippen molar-refractivity contribution in [3.8, 4) is 0 Å². The Morgan fingerprint density at radius 3 is 2.86 bits per heavy atom. The third-order valence-corrected chi connectivity index (χ3v) is 4.17. The minimum absolute atomic E-state index is 0.0617. The van der Waals surface area contributed by atoms with Crippen LogP contribution in [-0.4, -0.2) is 19.7 Å². The molecule has 3 rings (SSSR count). The summed E-state index contributed by atoms with van der Waals surface area (Å²) >= 11 is 0. The molecule has 21 heavy (non-hydrogen) atoms. The van der Waals surface area contributed by atoms with Crippen LogP contribution in [-0.2, 0) is 6.42 Å². The van der Waals surface area contributed by atoms with Crippen LogP contribution in [0.2, 0.25) is 0 Å². The summed E-state index contributed by atoms with van der Waals surface area (Å²) in [5, 5.41) is 4.72. The Labute approximate surface area is 124 Å². The van der Waals surface area contributed by atoms with Crippen LogP contribution < -0.4 is 11.3 Å².